The standard InChI is InChI=1S/C45H30B2O4/c1-26(2)43-29(27-22-39-44-40(23-27)49-36-19-8-4-15-32(36)46(44)31-14-3-7-18-35(31)48-39)12-11-13-30(43)28-24-41-45-42(25-28)51-38-21-10-6-17-34(38)47(45)33-16-5-9-20-37(33)50-41/h3-26H,1-2H3. The molecule has 0 fully saturated rings. The molecule has 11 rings (SSSR count). The number of fused-ring (bicyclic) bond motifs is 8. The van der Waals surface area contributed by atoms with Crippen LogP contribution in [0.1, 0.15) is 25.3 Å². The van der Waals surface area contributed by atoms with E-state index in [2.05, 4.69) is 129 Å². The molecule has 51 heavy (non-hydrogen) atoms. The third kappa shape index (κ3) is 4.17. The fourth-order valence-electron chi connectivity index (χ4n) is 8.79. The van der Waals surface area contributed by atoms with Gasteiger partial charge >= 0.3 is 0 Å². The van der Waals surface area contributed by atoms with E-state index in [1.54, 1.807) is 0 Å². The Morgan fingerprint density at radius 2 is 0.686 bits per heavy atom. The Hall–Kier alpha value is -6.13. The first kappa shape index (κ1) is 28.7. The normalized spacial score (nSPS) is 13.6. The lowest BCUT2D eigenvalue weighted by Gasteiger charge is -2.34. The molecule has 4 nitrogen and oxygen atoms in total. The molecule has 0 radical (unpaired) electrons. The van der Waals surface area contributed by atoms with Crippen LogP contribution < -0.4 is 51.7 Å². The molecule has 0 unspecified atom stereocenters. The first-order valence-corrected chi connectivity index (χ1v) is 17.7. The number of hydrogen-bond acceptors (Lipinski definition) is 4. The predicted octanol–water partition coefficient (Wildman–Crippen LogP) is 7.60. The molecule has 6 heteroatoms. The Balaban J connectivity index is 1.09. The molecular weight excluding hydrogens is 626 g/mol. The average molecular weight is 656 g/mol. The average Bonchev–Trinajstić information content (AvgIpc) is 3.17. The maximum Gasteiger partial charge on any atom is 0.260 e. The number of hydrogen-bond donors (Lipinski definition) is 0. The van der Waals surface area contributed by atoms with Crippen molar-refractivity contribution in [2.45, 2.75) is 19.8 Å². The van der Waals surface area contributed by atoms with Crippen LogP contribution in [0.15, 0.2) is 140 Å². The van der Waals surface area contributed by atoms with Gasteiger partial charge in [0.15, 0.2) is 0 Å². The van der Waals surface area contributed by atoms with Crippen LogP contribution in [0.3, 0.4) is 0 Å². The summed E-state index contributed by atoms with van der Waals surface area (Å²) in [5.41, 5.74) is 12.4. The molecule has 4 heterocycles. The van der Waals surface area contributed by atoms with Crippen molar-refractivity contribution in [3.05, 3.63) is 145 Å². The summed E-state index contributed by atoms with van der Waals surface area (Å²) in [5, 5.41) is 0. The smallest absolute Gasteiger partial charge is 0.260 e. The Kier molecular flexibility index (Phi) is 6.01. The zero-order valence-corrected chi connectivity index (χ0v) is 28.1. The molecule has 0 aliphatic carbocycles. The van der Waals surface area contributed by atoms with E-state index < -0.39 is 0 Å². The highest BCUT2D eigenvalue weighted by Crippen LogP contribution is 2.45. The molecule has 240 valence electrons. The van der Waals surface area contributed by atoms with Gasteiger partial charge in [0.25, 0.3) is 13.4 Å². The Bertz CT molecular complexity index is 2300. The van der Waals surface area contributed by atoms with E-state index in [1.165, 1.54) is 5.56 Å². The van der Waals surface area contributed by atoms with Crippen molar-refractivity contribution in [3.8, 4) is 68.2 Å². The van der Waals surface area contributed by atoms with E-state index in [9.17, 15) is 0 Å². The zero-order chi connectivity index (χ0) is 33.8. The number of para-hydroxylation sites is 4. The van der Waals surface area contributed by atoms with Crippen LogP contribution in [0.2, 0.25) is 0 Å². The van der Waals surface area contributed by atoms with E-state index in [4.69, 9.17) is 18.9 Å². The summed E-state index contributed by atoms with van der Waals surface area (Å²) >= 11 is 0. The largest absolute Gasteiger partial charge is 0.458 e. The molecule has 0 aromatic heterocycles. The SMILES string of the molecule is CC(C)c1c(-c2cc3c4c(c2)Oc2ccccc2B4c2ccccc2O3)cccc1-c1cc2c3c(c1)Oc1ccccc1B3c1ccccc1O2. The lowest BCUT2D eigenvalue weighted by atomic mass is 9.35. The first-order chi connectivity index (χ1) is 25.1. The minimum absolute atomic E-state index is 0.0430. The van der Waals surface area contributed by atoms with E-state index in [0.29, 0.717) is 0 Å². The van der Waals surface area contributed by atoms with Crippen LogP contribution in [0, 0.1) is 0 Å². The lowest BCUT2D eigenvalue weighted by Crippen LogP contribution is -2.57. The maximum atomic E-state index is 6.67. The molecule has 0 atom stereocenters. The molecule has 4 aliphatic heterocycles. The summed E-state index contributed by atoms with van der Waals surface area (Å²) in [4.78, 5) is 0. The van der Waals surface area contributed by atoms with Crippen LogP contribution in [0.4, 0.5) is 0 Å². The predicted molar refractivity (Wildman–Crippen MR) is 207 cm³/mol. The molecule has 0 saturated carbocycles. The molecular formula is C45H30B2O4. The van der Waals surface area contributed by atoms with Gasteiger partial charge in [0.1, 0.15) is 46.0 Å². The highest BCUT2D eigenvalue weighted by atomic mass is 16.5. The summed E-state index contributed by atoms with van der Waals surface area (Å²) in [6.07, 6.45) is 0. The summed E-state index contributed by atoms with van der Waals surface area (Å²) in [6, 6.07) is 48.8. The molecule has 0 bridgehead atoms. The second-order valence-electron chi connectivity index (χ2n) is 14.1. The quantitative estimate of drug-likeness (QED) is 0.184. The van der Waals surface area contributed by atoms with Gasteiger partial charge in [-0.2, -0.15) is 0 Å². The van der Waals surface area contributed by atoms with Crippen LogP contribution in [0.25, 0.3) is 22.3 Å². The summed E-state index contributed by atoms with van der Waals surface area (Å²) < 4.78 is 26.7. The minimum Gasteiger partial charge on any atom is -0.458 e. The monoisotopic (exact) mass is 656 g/mol. The highest BCUT2D eigenvalue weighted by molar-refractivity contribution is 6.99. The van der Waals surface area contributed by atoms with Gasteiger partial charge in [0.05, 0.1) is 0 Å². The molecule has 7 aromatic rings. The molecule has 7 aromatic carbocycles. The fraction of sp³-hybridized carbons (Fsp3) is 0.0667. The minimum atomic E-state index is 0.0430. The van der Waals surface area contributed by atoms with Gasteiger partial charge in [0.2, 0.25) is 0 Å². The molecule has 0 amide bonds. The third-order valence-corrected chi connectivity index (χ3v) is 10.9. The second kappa shape index (κ2) is 10.7. The van der Waals surface area contributed by atoms with Crippen molar-refractivity contribution in [2.75, 3.05) is 0 Å². The summed E-state index contributed by atoms with van der Waals surface area (Å²) in [6.45, 7) is 4.61. The molecule has 0 saturated heterocycles. The number of rotatable bonds is 3. The molecule has 4 aliphatic rings. The zero-order valence-electron chi connectivity index (χ0n) is 28.1. The van der Waals surface area contributed by atoms with Crippen molar-refractivity contribution in [3.63, 3.8) is 0 Å². The third-order valence-electron chi connectivity index (χ3n) is 10.9. The Morgan fingerprint density at radius 1 is 0.373 bits per heavy atom. The topological polar surface area (TPSA) is 36.9 Å². The van der Waals surface area contributed by atoms with Crippen molar-refractivity contribution in [1.82, 2.24) is 0 Å². The van der Waals surface area contributed by atoms with Crippen LogP contribution >= 0.6 is 0 Å². The molecule has 0 spiro atoms. The van der Waals surface area contributed by atoms with Crippen LogP contribution in [0.5, 0.6) is 46.0 Å². The lowest BCUT2D eigenvalue weighted by molar-refractivity contribution is 0.464. The van der Waals surface area contributed by atoms with Crippen molar-refractivity contribution in [1.29, 1.82) is 0 Å². The van der Waals surface area contributed by atoms with E-state index in [-0.39, 0.29) is 19.3 Å². The molecule has 0 N–H and O–H groups in total. The van der Waals surface area contributed by atoms with Crippen molar-refractivity contribution >= 4 is 46.2 Å². The maximum absolute atomic E-state index is 6.67. The van der Waals surface area contributed by atoms with Crippen molar-refractivity contribution in [2.24, 2.45) is 0 Å². The van der Waals surface area contributed by atoms with Gasteiger partial charge in [-0.25, -0.2) is 0 Å². The second-order valence-corrected chi connectivity index (χ2v) is 14.1. The number of benzene rings is 7. The Labute approximate surface area is 297 Å². The van der Waals surface area contributed by atoms with E-state index >= 15 is 0 Å². The first-order valence-electron chi connectivity index (χ1n) is 17.7. The van der Waals surface area contributed by atoms with Gasteiger partial charge in [-0.1, -0.05) is 105 Å². The van der Waals surface area contributed by atoms with E-state index in [0.717, 1.165) is 101 Å². The Morgan fingerprint density at radius 3 is 1.00 bits per heavy atom. The van der Waals surface area contributed by atoms with Crippen LogP contribution in [-0.2, 0) is 0 Å². The summed E-state index contributed by atoms with van der Waals surface area (Å²) in [5.74, 6) is 7.10. The van der Waals surface area contributed by atoms with Gasteiger partial charge in [-0.3, -0.25) is 0 Å². The van der Waals surface area contributed by atoms with E-state index in [1.807, 2.05) is 24.3 Å². The van der Waals surface area contributed by atoms with Gasteiger partial charge < -0.3 is 18.9 Å². The summed E-state index contributed by atoms with van der Waals surface area (Å²) in [7, 11) is 0. The van der Waals surface area contributed by atoms with Gasteiger partial charge in [-0.15, -0.1) is 0 Å². The fourth-order valence-corrected chi connectivity index (χ4v) is 8.79. The van der Waals surface area contributed by atoms with Crippen LogP contribution in [-0.4, -0.2) is 13.4 Å². The van der Waals surface area contributed by atoms with Crippen molar-refractivity contribution < 1.29 is 18.9 Å². The number of ether oxygens (including phenoxy) is 4. The van der Waals surface area contributed by atoms with Gasteiger partial charge in [-0.05, 0) is 104 Å². The highest BCUT2D eigenvalue weighted by Gasteiger charge is 2.42. The van der Waals surface area contributed by atoms with Gasteiger partial charge in [0, 0.05) is 10.9 Å².